The van der Waals surface area contributed by atoms with Gasteiger partial charge in [-0.15, -0.1) is 0 Å². The van der Waals surface area contributed by atoms with E-state index in [0.717, 1.165) is 5.56 Å². The van der Waals surface area contributed by atoms with E-state index in [1.165, 1.54) is 26.0 Å². The number of anilines is 1. The van der Waals surface area contributed by atoms with E-state index in [4.69, 9.17) is 13.9 Å². The molecule has 0 aliphatic heterocycles. The summed E-state index contributed by atoms with van der Waals surface area (Å²) in [5, 5.41) is 7.74. The molecule has 11 heteroatoms. The number of hydrogen-bond donors (Lipinski definition) is 3. The van der Waals surface area contributed by atoms with Crippen molar-refractivity contribution in [2.24, 2.45) is 0 Å². The molecule has 0 saturated heterocycles. The van der Waals surface area contributed by atoms with Crippen LogP contribution in [0.2, 0.25) is 0 Å². The molecular formula is C24H29N3O8. The molecule has 3 amide bonds. The van der Waals surface area contributed by atoms with Crippen LogP contribution in [0.15, 0.2) is 28.7 Å². The van der Waals surface area contributed by atoms with E-state index in [1.807, 2.05) is 13.8 Å². The van der Waals surface area contributed by atoms with Gasteiger partial charge in [0.25, 0.3) is 5.91 Å². The minimum absolute atomic E-state index is 0.00649. The van der Waals surface area contributed by atoms with Crippen LogP contribution in [-0.2, 0) is 20.8 Å². The van der Waals surface area contributed by atoms with E-state index in [1.54, 1.807) is 19.1 Å². The first kappa shape index (κ1) is 27.1. The lowest BCUT2D eigenvalue weighted by Crippen LogP contribution is -2.39. The fraction of sp³-hybridized carbons (Fsp3) is 0.375. The number of carbonyl (C=O) groups excluding carboxylic acids is 5. The number of esters is 2. The van der Waals surface area contributed by atoms with Crippen molar-refractivity contribution in [1.82, 2.24) is 10.6 Å². The molecular weight excluding hydrogens is 458 g/mol. The Morgan fingerprint density at radius 3 is 2.20 bits per heavy atom. The van der Waals surface area contributed by atoms with Gasteiger partial charge in [-0.25, -0.2) is 14.4 Å². The fourth-order valence-electron chi connectivity index (χ4n) is 3.09. The summed E-state index contributed by atoms with van der Waals surface area (Å²) in [5.74, 6) is -2.89. The number of carbonyl (C=O) groups is 5. The Balaban J connectivity index is 1.97. The number of nitrogens with one attached hydrogen (secondary N) is 3. The molecule has 0 aliphatic rings. The Kier molecular flexibility index (Phi) is 9.56. The quantitative estimate of drug-likeness (QED) is 0.341. The molecule has 2 aromatic rings. The van der Waals surface area contributed by atoms with Gasteiger partial charge >= 0.3 is 18.0 Å². The van der Waals surface area contributed by atoms with Gasteiger partial charge < -0.3 is 24.5 Å². The number of rotatable bonds is 10. The highest BCUT2D eigenvalue weighted by Gasteiger charge is 2.29. The summed E-state index contributed by atoms with van der Waals surface area (Å²) in [6.07, 6.45) is 0. The smallest absolute Gasteiger partial charge is 0.344 e. The number of aryl methyl sites for hydroxylation is 1. The fourth-order valence-corrected chi connectivity index (χ4v) is 3.09. The van der Waals surface area contributed by atoms with Gasteiger partial charge in [0.1, 0.15) is 11.3 Å². The summed E-state index contributed by atoms with van der Waals surface area (Å²) in [4.78, 5) is 60.5. The van der Waals surface area contributed by atoms with E-state index < -0.39 is 30.2 Å². The minimum atomic E-state index is -0.821. The van der Waals surface area contributed by atoms with Gasteiger partial charge in [-0.2, -0.15) is 0 Å². The third kappa shape index (κ3) is 7.70. The second-order valence-electron chi connectivity index (χ2n) is 7.82. The van der Waals surface area contributed by atoms with Crippen LogP contribution >= 0.6 is 0 Å². The van der Waals surface area contributed by atoms with E-state index in [-0.39, 0.29) is 53.6 Å². The van der Waals surface area contributed by atoms with Crippen LogP contribution in [0.4, 0.5) is 10.7 Å². The Morgan fingerprint density at radius 1 is 0.971 bits per heavy atom. The monoisotopic (exact) mass is 487 g/mol. The van der Waals surface area contributed by atoms with E-state index in [9.17, 15) is 24.0 Å². The zero-order valence-corrected chi connectivity index (χ0v) is 20.3. The molecule has 0 bridgehead atoms. The summed E-state index contributed by atoms with van der Waals surface area (Å²) in [6, 6.07) is 6.01. The van der Waals surface area contributed by atoms with Crippen molar-refractivity contribution in [3.63, 3.8) is 0 Å². The zero-order chi connectivity index (χ0) is 26.1. The molecule has 0 aliphatic carbocycles. The lowest BCUT2D eigenvalue weighted by atomic mass is 10.1. The van der Waals surface area contributed by atoms with Gasteiger partial charge in [-0.05, 0) is 52.3 Å². The number of amides is 3. The van der Waals surface area contributed by atoms with Crippen LogP contribution in [0.1, 0.15) is 70.1 Å². The number of benzene rings is 1. The first-order valence-corrected chi connectivity index (χ1v) is 10.9. The van der Waals surface area contributed by atoms with Gasteiger partial charge in [0, 0.05) is 12.6 Å². The van der Waals surface area contributed by atoms with Crippen molar-refractivity contribution in [2.75, 3.05) is 18.5 Å². The van der Waals surface area contributed by atoms with Gasteiger partial charge in [-0.1, -0.05) is 12.1 Å². The van der Waals surface area contributed by atoms with Gasteiger partial charge in [0.2, 0.25) is 5.88 Å². The van der Waals surface area contributed by atoms with Crippen LogP contribution in [0.3, 0.4) is 0 Å². The van der Waals surface area contributed by atoms with Gasteiger partial charge in [-0.3, -0.25) is 14.9 Å². The SMILES string of the molecule is CCOC(=O)c1c(NC(=O)COC(=O)c2ccc(CNC(=O)NC(C)C)cc2)oc(C)c1C(C)=O. The van der Waals surface area contributed by atoms with Crippen molar-refractivity contribution in [1.29, 1.82) is 0 Å². The van der Waals surface area contributed by atoms with E-state index in [0.29, 0.717) is 0 Å². The predicted molar refractivity (Wildman–Crippen MR) is 125 cm³/mol. The third-order valence-electron chi connectivity index (χ3n) is 4.57. The van der Waals surface area contributed by atoms with Crippen LogP contribution in [0.5, 0.6) is 0 Å². The Labute approximate surface area is 202 Å². The highest BCUT2D eigenvalue weighted by Crippen LogP contribution is 2.28. The third-order valence-corrected chi connectivity index (χ3v) is 4.57. The molecule has 3 N–H and O–H groups in total. The topological polar surface area (TPSA) is 153 Å². The molecule has 0 atom stereocenters. The Bertz CT molecular complexity index is 1100. The average molecular weight is 488 g/mol. The minimum Gasteiger partial charge on any atom is -0.462 e. The highest BCUT2D eigenvalue weighted by atomic mass is 16.5. The maximum Gasteiger partial charge on any atom is 0.344 e. The van der Waals surface area contributed by atoms with Crippen molar-refractivity contribution in [2.45, 2.75) is 47.2 Å². The maximum absolute atomic E-state index is 12.3. The summed E-state index contributed by atoms with van der Waals surface area (Å²) in [5.41, 5.74) is 0.780. The molecule has 0 spiro atoms. The number of furan rings is 1. The zero-order valence-electron chi connectivity index (χ0n) is 20.3. The lowest BCUT2D eigenvalue weighted by Gasteiger charge is -2.10. The first-order chi connectivity index (χ1) is 16.5. The number of urea groups is 1. The van der Waals surface area contributed by atoms with Crippen molar-refractivity contribution in [3.8, 4) is 0 Å². The number of Topliss-reactive ketones (excluding diaryl/α,β-unsaturated/α-hetero) is 1. The summed E-state index contributed by atoms with van der Waals surface area (Å²) in [6.45, 7) is 7.70. The highest BCUT2D eigenvalue weighted by molar-refractivity contribution is 6.10. The Hall–Kier alpha value is -4.15. The molecule has 1 aromatic heterocycles. The Morgan fingerprint density at radius 2 is 1.63 bits per heavy atom. The van der Waals surface area contributed by atoms with Crippen molar-refractivity contribution >= 4 is 35.5 Å². The van der Waals surface area contributed by atoms with Crippen molar-refractivity contribution in [3.05, 3.63) is 52.3 Å². The van der Waals surface area contributed by atoms with Crippen molar-refractivity contribution < 1.29 is 37.9 Å². The maximum atomic E-state index is 12.3. The van der Waals surface area contributed by atoms with E-state index in [2.05, 4.69) is 16.0 Å². The normalized spacial score (nSPS) is 10.5. The molecule has 188 valence electrons. The molecule has 2 rings (SSSR count). The molecule has 0 fully saturated rings. The molecule has 0 saturated carbocycles. The van der Waals surface area contributed by atoms with Gasteiger partial charge in [0.05, 0.1) is 17.7 Å². The predicted octanol–water partition coefficient (Wildman–Crippen LogP) is 2.97. The first-order valence-electron chi connectivity index (χ1n) is 10.9. The summed E-state index contributed by atoms with van der Waals surface area (Å²) >= 11 is 0. The molecule has 0 radical (unpaired) electrons. The van der Waals surface area contributed by atoms with Gasteiger partial charge in [0.15, 0.2) is 12.4 Å². The number of ketones is 1. The van der Waals surface area contributed by atoms with Crippen LogP contribution in [-0.4, -0.2) is 48.9 Å². The molecule has 1 heterocycles. The summed E-state index contributed by atoms with van der Waals surface area (Å²) < 4.78 is 15.4. The van der Waals surface area contributed by atoms with Crippen LogP contribution in [0, 0.1) is 6.92 Å². The second kappa shape index (κ2) is 12.4. The second-order valence-corrected chi connectivity index (χ2v) is 7.82. The van der Waals surface area contributed by atoms with Crippen LogP contribution < -0.4 is 16.0 Å². The number of hydrogen-bond acceptors (Lipinski definition) is 8. The molecule has 0 unspecified atom stereocenters. The summed E-state index contributed by atoms with van der Waals surface area (Å²) in [7, 11) is 0. The van der Waals surface area contributed by atoms with E-state index >= 15 is 0 Å². The largest absolute Gasteiger partial charge is 0.462 e. The average Bonchev–Trinajstić information content (AvgIpc) is 3.11. The lowest BCUT2D eigenvalue weighted by molar-refractivity contribution is -0.119. The standard InChI is InChI=1S/C24H29N3O8/c1-6-33-23(31)20-19(14(4)28)15(5)35-21(20)27-18(29)12-34-22(30)17-9-7-16(8-10-17)11-25-24(32)26-13(2)3/h7-10,13H,6,11-12H2,1-5H3,(H,27,29)(H2,25,26,32). The molecule has 1 aromatic carbocycles. The molecule has 35 heavy (non-hydrogen) atoms. The number of ether oxygens (including phenoxy) is 2. The van der Waals surface area contributed by atoms with Crippen LogP contribution in [0.25, 0.3) is 0 Å². The molecule has 11 nitrogen and oxygen atoms in total.